The summed E-state index contributed by atoms with van der Waals surface area (Å²) in [5.41, 5.74) is 1.37. The zero-order chi connectivity index (χ0) is 15.2. The molecule has 0 aliphatic carbocycles. The highest BCUT2D eigenvalue weighted by molar-refractivity contribution is 5.91. The Morgan fingerprint density at radius 1 is 1.14 bits per heavy atom. The van der Waals surface area contributed by atoms with Gasteiger partial charge in [-0.2, -0.15) is 0 Å². The monoisotopic (exact) mass is 298 g/mol. The average molecular weight is 298 g/mol. The Morgan fingerprint density at radius 3 is 2.59 bits per heavy atom. The molecule has 0 atom stereocenters. The van der Waals surface area contributed by atoms with Gasteiger partial charge in [0.05, 0.1) is 6.26 Å². The Morgan fingerprint density at radius 2 is 1.91 bits per heavy atom. The molecule has 22 heavy (non-hydrogen) atoms. The van der Waals surface area contributed by atoms with Crippen molar-refractivity contribution in [1.29, 1.82) is 0 Å². The number of piperidine rings is 1. The Labute approximate surface area is 131 Å². The van der Waals surface area contributed by atoms with Gasteiger partial charge in [-0.05, 0) is 49.5 Å². The normalized spacial score (nSPS) is 16.5. The predicted octanol–water partition coefficient (Wildman–Crippen LogP) is 2.92. The van der Waals surface area contributed by atoms with Crippen LogP contribution in [0.4, 0.5) is 0 Å². The highest BCUT2D eigenvalue weighted by atomic mass is 16.3. The largest absolute Gasteiger partial charge is 0.459 e. The van der Waals surface area contributed by atoms with Crippen molar-refractivity contribution in [1.82, 2.24) is 10.2 Å². The molecule has 0 bridgehead atoms. The Hall–Kier alpha value is -2.07. The number of nitrogens with zero attached hydrogens (tertiary/aromatic N) is 1. The molecule has 0 saturated carbocycles. The zero-order valence-corrected chi connectivity index (χ0v) is 12.7. The fraction of sp³-hybridized carbons (Fsp3) is 0.389. The Kier molecular flexibility index (Phi) is 4.91. The van der Waals surface area contributed by atoms with Crippen LogP contribution in [-0.2, 0) is 6.54 Å². The van der Waals surface area contributed by atoms with Crippen LogP contribution in [0.5, 0.6) is 0 Å². The minimum absolute atomic E-state index is 0.114. The van der Waals surface area contributed by atoms with E-state index in [-0.39, 0.29) is 5.91 Å². The molecule has 1 aliphatic rings. The number of carbonyl (C=O) groups excluding carboxylic acids is 1. The van der Waals surface area contributed by atoms with Gasteiger partial charge in [0.1, 0.15) is 0 Å². The molecular formula is C18H22N2O2. The van der Waals surface area contributed by atoms with Gasteiger partial charge < -0.3 is 9.73 Å². The van der Waals surface area contributed by atoms with Crippen LogP contribution < -0.4 is 5.32 Å². The second kappa shape index (κ2) is 7.27. The standard InChI is InChI=1S/C18H22N2O2/c21-18(17-7-4-12-22-17)19-13-15-8-10-20(11-9-15)14-16-5-2-1-3-6-16/h1-7,12,15H,8-11,13-14H2,(H,19,21). The van der Waals surface area contributed by atoms with E-state index in [4.69, 9.17) is 4.42 Å². The summed E-state index contributed by atoms with van der Waals surface area (Å²) in [7, 11) is 0. The van der Waals surface area contributed by atoms with Crippen LogP contribution in [0, 0.1) is 5.92 Å². The van der Waals surface area contributed by atoms with Crippen LogP contribution >= 0.6 is 0 Å². The number of hydrogen-bond donors (Lipinski definition) is 1. The lowest BCUT2D eigenvalue weighted by molar-refractivity contribution is 0.0907. The SMILES string of the molecule is O=C(NCC1CCN(Cc2ccccc2)CC1)c1ccco1. The molecule has 0 spiro atoms. The highest BCUT2D eigenvalue weighted by Crippen LogP contribution is 2.18. The van der Waals surface area contributed by atoms with Gasteiger partial charge in [-0.1, -0.05) is 30.3 Å². The highest BCUT2D eigenvalue weighted by Gasteiger charge is 2.20. The van der Waals surface area contributed by atoms with Crippen molar-refractivity contribution in [3.05, 3.63) is 60.1 Å². The Balaban J connectivity index is 1.39. The second-order valence-corrected chi connectivity index (χ2v) is 5.89. The van der Waals surface area contributed by atoms with E-state index in [0.29, 0.717) is 11.7 Å². The lowest BCUT2D eigenvalue weighted by Gasteiger charge is -2.32. The molecule has 4 heteroatoms. The fourth-order valence-corrected chi connectivity index (χ4v) is 2.92. The number of rotatable bonds is 5. The minimum atomic E-state index is -0.114. The molecular weight excluding hydrogens is 276 g/mol. The third-order valence-electron chi connectivity index (χ3n) is 4.25. The van der Waals surface area contributed by atoms with Gasteiger partial charge >= 0.3 is 0 Å². The molecule has 1 N–H and O–H groups in total. The van der Waals surface area contributed by atoms with Gasteiger partial charge in [0.25, 0.3) is 5.91 Å². The fourth-order valence-electron chi connectivity index (χ4n) is 2.92. The summed E-state index contributed by atoms with van der Waals surface area (Å²) in [5.74, 6) is 0.837. The summed E-state index contributed by atoms with van der Waals surface area (Å²) < 4.78 is 5.10. The van der Waals surface area contributed by atoms with E-state index in [0.717, 1.165) is 39.0 Å². The molecule has 2 heterocycles. The van der Waals surface area contributed by atoms with Crippen molar-refractivity contribution < 1.29 is 9.21 Å². The van der Waals surface area contributed by atoms with E-state index < -0.39 is 0 Å². The minimum Gasteiger partial charge on any atom is -0.459 e. The zero-order valence-electron chi connectivity index (χ0n) is 12.7. The first-order chi connectivity index (χ1) is 10.8. The maximum atomic E-state index is 11.8. The van der Waals surface area contributed by atoms with Crippen molar-refractivity contribution in [3.63, 3.8) is 0 Å². The number of amides is 1. The van der Waals surface area contributed by atoms with E-state index in [1.165, 1.54) is 11.8 Å². The first-order valence-corrected chi connectivity index (χ1v) is 7.89. The number of likely N-dealkylation sites (tertiary alicyclic amines) is 1. The molecule has 1 saturated heterocycles. The van der Waals surface area contributed by atoms with Gasteiger partial charge in [0, 0.05) is 13.1 Å². The van der Waals surface area contributed by atoms with Crippen molar-refractivity contribution in [3.8, 4) is 0 Å². The maximum absolute atomic E-state index is 11.8. The third kappa shape index (κ3) is 3.98. The van der Waals surface area contributed by atoms with E-state index in [2.05, 4.69) is 40.5 Å². The molecule has 0 unspecified atom stereocenters. The van der Waals surface area contributed by atoms with Gasteiger partial charge in [-0.25, -0.2) is 0 Å². The number of benzene rings is 1. The molecule has 4 nitrogen and oxygen atoms in total. The number of furan rings is 1. The number of hydrogen-bond acceptors (Lipinski definition) is 3. The smallest absolute Gasteiger partial charge is 0.286 e. The van der Waals surface area contributed by atoms with Crippen LogP contribution in [0.2, 0.25) is 0 Å². The average Bonchev–Trinajstić information content (AvgIpc) is 3.09. The number of carbonyl (C=O) groups is 1. The van der Waals surface area contributed by atoms with Crippen LogP contribution in [-0.4, -0.2) is 30.4 Å². The van der Waals surface area contributed by atoms with E-state index in [9.17, 15) is 4.79 Å². The first-order valence-electron chi connectivity index (χ1n) is 7.89. The first kappa shape index (κ1) is 14.9. The molecule has 1 aromatic carbocycles. The van der Waals surface area contributed by atoms with Crippen molar-refractivity contribution in [2.75, 3.05) is 19.6 Å². The maximum Gasteiger partial charge on any atom is 0.286 e. The summed E-state index contributed by atoms with van der Waals surface area (Å²) in [6.45, 7) is 3.94. The molecule has 3 rings (SSSR count). The summed E-state index contributed by atoms with van der Waals surface area (Å²) in [6, 6.07) is 14.0. The van der Waals surface area contributed by atoms with E-state index in [1.54, 1.807) is 12.1 Å². The van der Waals surface area contributed by atoms with Crippen LogP contribution in [0.25, 0.3) is 0 Å². The van der Waals surface area contributed by atoms with Gasteiger partial charge in [-0.3, -0.25) is 9.69 Å². The molecule has 116 valence electrons. The topological polar surface area (TPSA) is 45.5 Å². The Bertz CT molecular complexity index is 572. The van der Waals surface area contributed by atoms with Crippen LogP contribution in [0.1, 0.15) is 29.0 Å². The van der Waals surface area contributed by atoms with Crippen molar-refractivity contribution in [2.45, 2.75) is 19.4 Å². The molecule has 1 fully saturated rings. The van der Waals surface area contributed by atoms with Gasteiger partial charge in [0.15, 0.2) is 5.76 Å². The van der Waals surface area contributed by atoms with Gasteiger partial charge in [0.2, 0.25) is 0 Å². The predicted molar refractivity (Wildman–Crippen MR) is 85.5 cm³/mol. The summed E-state index contributed by atoms with van der Waals surface area (Å²) in [4.78, 5) is 14.3. The molecule has 1 aliphatic heterocycles. The molecule has 0 radical (unpaired) electrons. The quantitative estimate of drug-likeness (QED) is 0.923. The van der Waals surface area contributed by atoms with E-state index >= 15 is 0 Å². The lowest BCUT2D eigenvalue weighted by Crippen LogP contribution is -2.38. The molecule has 1 aromatic heterocycles. The third-order valence-corrected chi connectivity index (χ3v) is 4.25. The summed E-state index contributed by atoms with van der Waals surface area (Å²) >= 11 is 0. The van der Waals surface area contributed by atoms with Crippen LogP contribution in [0.3, 0.4) is 0 Å². The molecule has 1 amide bonds. The lowest BCUT2D eigenvalue weighted by atomic mass is 9.96. The summed E-state index contributed by atoms with van der Waals surface area (Å²) in [6.07, 6.45) is 3.79. The van der Waals surface area contributed by atoms with Crippen molar-refractivity contribution in [2.24, 2.45) is 5.92 Å². The van der Waals surface area contributed by atoms with E-state index in [1.807, 2.05) is 0 Å². The summed E-state index contributed by atoms with van der Waals surface area (Å²) in [5, 5.41) is 2.97. The molecule has 2 aromatic rings. The number of nitrogens with one attached hydrogen (secondary N) is 1. The van der Waals surface area contributed by atoms with Gasteiger partial charge in [-0.15, -0.1) is 0 Å². The van der Waals surface area contributed by atoms with Crippen LogP contribution in [0.15, 0.2) is 53.1 Å². The van der Waals surface area contributed by atoms with Crippen molar-refractivity contribution >= 4 is 5.91 Å². The second-order valence-electron chi connectivity index (χ2n) is 5.89.